The van der Waals surface area contributed by atoms with Gasteiger partial charge in [0.25, 0.3) is 0 Å². The summed E-state index contributed by atoms with van der Waals surface area (Å²) in [4.78, 5) is 2.48. The van der Waals surface area contributed by atoms with Crippen molar-refractivity contribution >= 4 is 72.3 Å². The molecule has 0 saturated carbocycles. The van der Waals surface area contributed by atoms with Crippen molar-refractivity contribution in [3.8, 4) is 11.1 Å². The Morgan fingerprint density at radius 1 is 0.404 bits per heavy atom. The Morgan fingerprint density at radius 2 is 0.885 bits per heavy atom. The minimum absolute atomic E-state index is 0.235. The van der Waals surface area contributed by atoms with E-state index in [0.717, 1.165) is 11.4 Å². The van der Waals surface area contributed by atoms with E-state index in [9.17, 15) is 0 Å². The van der Waals surface area contributed by atoms with Crippen molar-refractivity contribution in [2.45, 2.75) is 19.3 Å². The highest BCUT2D eigenvalue weighted by atomic mass is 15.1. The molecule has 9 aromatic rings. The molecule has 246 valence electrons. The van der Waals surface area contributed by atoms with Gasteiger partial charge >= 0.3 is 0 Å². The zero-order valence-electron chi connectivity index (χ0n) is 29.3. The van der Waals surface area contributed by atoms with Crippen LogP contribution in [-0.2, 0) is 5.41 Å². The van der Waals surface area contributed by atoms with Crippen molar-refractivity contribution in [1.29, 1.82) is 0 Å². The smallest absolute Gasteiger partial charge is 0.0543 e. The molecule has 0 saturated heterocycles. The van der Waals surface area contributed by atoms with Crippen LogP contribution >= 0.6 is 0 Å². The van der Waals surface area contributed by atoms with Crippen LogP contribution in [0.5, 0.6) is 0 Å². The van der Waals surface area contributed by atoms with Crippen molar-refractivity contribution in [2.75, 3.05) is 4.90 Å². The van der Waals surface area contributed by atoms with E-state index >= 15 is 0 Å². The lowest BCUT2D eigenvalue weighted by atomic mass is 9.80. The van der Waals surface area contributed by atoms with E-state index in [2.05, 4.69) is 207 Å². The van der Waals surface area contributed by atoms with Crippen LogP contribution in [0, 0.1) is 0 Å². The molecule has 1 aliphatic rings. The Hall–Kier alpha value is -6.44. The summed E-state index contributed by atoms with van der Waals surface area (Å²) < 4.78 is 0. The molecule has 9 aromatic carbocycles. The van der Waals surface area contributed by atoms with Gasteiger partial charge in [-0.2, -0.15) is 0 Å². The first-order chi connectivity index (χ1) is 25.5. The summed E-state index contributed by atoms with van der Waals surface area (Å²) >= 11 is 0. The Labute approximate surface area is 304 Å². The van der Waals surface area contributed by atoms with E-state index in [-0.39, 0.29) is 5.41 Å². The number of rotatable bonds is 5. The predicted octanol–water partition coefficient (Wildman–Crippen LogP) is 14.2. The van der Waals surface area contributed by atoms with E-state index < -0.39 is 0 Å². The van der Waals surface area contributed by atoms with E-state index in [4.69, 9.17) is 0 Å². The highest BCUT2D eigenvalue weighted by Crippen LogP contribution is 2.57. The first-order valence-corrected chi connectivity index (χ1v) is 18.2. The van der Waals surface area contributed by atoms with Crippen LogP contribution in [0.2, 0.25) is 0 Å². The molecule has 0 radical (unpaired) electrons. The second-order valence-corrected chi connectivity index (χ2v) is 14.6. The van der Waals surface area contributed by atoms with Crippen molar-refractivity contribution < 1.29 is 0 Å². The molecule has 0 unspecified atom stereocenters. The molecule has 0 bridgehead atoms. The average molecular weight is 664 g/mol. The van der Waals surface area contributed by atoms with Crippen molar-refractivity contribution in [2.24, 2.45) is 0 Å². The maximum atomic E-state index is 2.50. The highest BCUT2D eigenvalue weighted by Gasteiger charge is 2.39. The molecule has 0 spiro atoms. The summed E-state index contributed by atoms with van der Waals surface area (Å²) in [6.07, 6.45) is 4.53. The molecule has 52 heavy (non-hydrogen) atoms. The monoisotopic (exact) mass is 663 g/mol. The number of benzene rings is 9. The van der Waals surface area contributed by atoms with Gasteiger partial charge in [0.2, 0.25) is 0 Å². The number of hydrogen-bond acceptors (Lipinski definition) is 1. The minimum Gasteiger partial charge on any atom is -0.310 e. The maximum absolute atomic E-state index is 2.50. The van der Waals surface area contributed by atoms with Crippen LogP contribution in [-0.4, -0.2) is 0 Å². The molecule has 0 aliphatic heterocycles. The molecular formula is C51H37N. The summed E-state index contributed by atoms with van der Waals surface area (Å²) in [5.74, 6) is 0. The molecular weight excluding hydrogens is 627 g/mol. The Kier molecular flexibility index (Phi) is 6.91. The van der Waals surface area contributed by atoms with E-state index in [1.54, 1.807) is 0 Å². The summed E-state index contributed by atoms with van der Waals surface area (Å²) in [5, 5.41) is 10.0. The van der Waals surface area contributed by atoms with Gasteiger partial charge in [-0.3, -0.25) is 0 Å². The minimum atomic E-state index is -0.235. The number of fused-ring (bicyclic) bond motifs is 9. The molecule has 0 amide bonds. The Morgan fingerprint density at radius 3 is 1.50 bits per heavy atom. The topological polar surface area (TPSA) is 3.24 Å². The van der Waals surface area contributed by atoms with Crippen LogP contribution in [0.4, 0.5) is 17.1 Å². The van der Waals surface area contributed by atoms with Crippen molar-refractivity contribution in [1.82, 2.24) is 0 Å². The van der Waals surface area contributed by atoms with Gasteiger partial charge in [-0.05, 0) is 107 Å². The lowest BCUT2D eigenvalue weighted by molar-refractivity contribution is 0.661. The van der Waals surface area contributed by atoms with Gasteiger partial charge < -0.3 is 4.90 Å². The van der Waals surface area contributed by atoms with Crippen LogP contribution < -0.4 is 4.90 Å². The van der Waals surface area contributed by atoms with Crippen LogP contribution in [0.25, 0.3) is 66.4 Å². The predicted molar refractivity (Wildman–Crippen MR) is 224 cm³/mol. The summed E-state index contributed by atoms with van der Waals surface area (Å²) in [6.45, 7) is 4.82. The average Bonchev–Trinajstić information content (AvgIpc) is 3.43. The zero-order valence-corrected chi connectivity index (χ0v) is 29.3. The second kappa shape index (κ2) is 11.8. The fourth-order valence-electron chi connectivity index (χ4n) is 8.56. The van der Waals surface area contributed by atoms with Gasteiger partial charge in [-0.25, -0.2) is 0 Å². The maximum Gasteiger partial charge on any atom is 0.0543 e. The summed E-state index contributed by atoms with van der Waals surface area (Å²) in [6, 6.07) is 64.6. The molecule has 1 nitrogen and oxygen atoms in total. The lowest BCUT2D eigenvalue weighted by Crippen LogP contribution is -2.17. The lowest BCUT2D eigenvalue weighted by Gasteiger charge is -2.30. The van der Waals surface area contributed by atoms with E-state index in [1.165, 1.54) is 82.2 Å². The largest absolute Gasteiger partial charge is 0.310 e. The quantitative estimate of drug-likeness (QED) is 0.166. The Balaban J connectivity index is 1.25. The number of hydrogen-bond donors (Lipinski definition) is 0. The van der Waals surface area contributed by atoms with Gasteiger partial charge in [0.15, 0.2) is 0 Å². The number of nitrogens with zero attached hydrogens (tertiary/aromatic N) is 1. The first kappa shape index (κ1) is 30.4. The van der Waals surface area contributed by atoms with E-state index in [0.29, 0.717) is 0 Å². The molecule has 1 heteroatoms. The van der Waals surface area contributed by atoms with Crippen molar-refractivity contribution in [3.63, 3.8) is 0 Å². The zero-order chi connectivity index (χ0) is 34.8. The van der Waals surface area contributed by atoms with Gasteiger partial charge in [0.1, 0.15) is 0 Å². The van der Waals surface area contributed by atoms with Gasteiger partial charge in [-0.15, -0.1) is 0 Å². The van der Waals surface area contributed by atoms with Gasteiger partial charge in [0.05, 0.1) is 5.69 Å². The third kappa shape index (κ3) is 4.77. The molecule has 0 atom stereocenters. The SMILES string of the molecule is CC1(C)c2cc(/C=C/c3ccccc3)c3ccccc3c2-c2c1cc(N(c1ccc3ccccc3c1)c1ccc3ccccc3c1)c1ccccc21. The standard InChI is InChI=1S/C51H37N/c1-51(2)46-32-39(25-24-34-14-4-3-5-15-34)42-20-10-12-22-44(42)49(46)50-45-23-13-11-21-43(45)48(33-47(50)51)52(40-28-26-35-16-6-8-18-37(35)30-40)41-29-27-36-17-7-9-19-38(36)31-41/h3-33H,1-2H3/b25-24+. The molecule has 0 aromatic heterocycles. The normalized spacial score (nSPS) is 13.3. The molecule has 0 N–H and O–H groups in total. The van der Waals surface area contributed by atoms with Crippen LogP contribution in [0.3, 0.4) is 0 Å². The number of anilines is 3. The second-order valence-electron chi connectivity index (χ2n) is 14.6. The Bertz CT molecular complexity index is 2800. The van der Waals surface area contributed by atoms with Crippen LogP contribution in [0.15, 0.2) is 176 Å². The van der Waals surface area contributed by atoms with Crippen molar-refractivity contribution in [3.05, 3.63) is 198 Å². The fraction of sp³-hybridized carbons (Fsp3) is 0.0588. The molecule has 0 heterocycles. The highest BCUT2D eigenvalue weighted by molar-refractivity contribution is 6.16. The third-order valence-corrected chi connectivity index (χ3v) is 11.2. The summed E-state index contributed by atoms with van der Waals surface area (Å²) in [7, 11) is 0. The first-order valence-electron chi connectivity index (χ1n) is 18.2. The molecule has 1 aliphatic carbocycles. The summed E-state index contributed by atoms with van der Waals surface area (Å²) in [5.41, 5.74) is 11.1. The van der Waals surface area contributed by atoms with E-state index in [1.807, 2.05) is 0 Å². The van der Waals surface area contributed by atoms with Crippen LogP contribution in [0.1, 0.15) is 36.1 Å². The van der Waals surface area contributed by atoms with Gasteiger partial charge in [0, 0.05) is 22.2 Å². The fourth-order valence-corrected chi connectivity index (χ4v) is 8.56. The van der Waals surface area contributed by atoms with Gasteiger partial charge in [-0.1, -0.05) is 166 Å². The molecule has 10 rings (SSSR count). The third-order valence-electron chi connectivity index (χ3n) is 11.2. The molecule has 0 fully saturated rings.